The predicted octanol–water partition coefficient (Wildman–Crippen LogP) is 4.86. The molecule has 0 aliphatic heterocycles. The summed E-state index contributed by atoms with van der Waals surface area (Å²) >= 11 is 0. The lowest BCUT2D eigenvalue weighted by atomic mass is 10.0. The molecule has 0 aliphatic carbocycles. The van der Waals surface area contributed by atoms with Crippen LogP contribution in [0.1, 0.15) is 5.56 Å². The van der Waals surface area contributed by atoms with E-state index in [2.05, 4.69) is 15.2 Å². The number of H-pyrrole nitrogens is 1. The van der Waals surface area contributed by atoms with Crippen molar-refractivity contribution in [3.05, 3.63) is 90.6 Å². The van der Waals surface area contributed by atoms with Gasteiger partial charge < -0.3 is 4.74 Å². The molecule has 0 spiro atoms. The molecule has 0 amide bonds. The maximum atomic E-state index is 13.0. The quantitative estimate of drug-likeness (QED) is 0.562. The molecular formula is C21H16FN3O. The first-order chi connectivity index (χ1) is 12.8. The van der Waals surface area contributed by atoms with E-state index in [1.54, 1.807) is 24.5 Å². The molecule has 128 valence electrons. The zero-order valence-electron chi connectivity index (χ0n) is 13.9. The van der Waals surface area contributed by atoms with Crippen LogP contribution >= 0.6 is 0 Å². The highest BCUT2D eigenvalue weighted by Crippen LogP contribution is 2.31. The van der Waals surface area contributed by atoms with E-state index in [-0.39, 0.29) is 5.82 Å². The van der Waals surface area contributed by atoms with Gasteiger partial charge in [0.15, 0.2) is 0 Å². The summed E-state index contributed by atoms with van der Waals surface area (Å²) in [5.74, 6) is 0.480. The summed E-state index contributed by atoms with van der Waals surface area (Å²) in [6, 6.07) is 18.0. The van der Waals surface area contributed by atoms with Crippen LogP contribution in [-0.2, 0) is 6.61 Å². The van der Waals surface area contributed by atoms with Gasteiger partial charge in [-0.2, -0.15) is 5.10 Å². The molecule has 4 aromatic rings. The van der Waals surface area contributed by atoms with Gasteiger partial charge in [-0.3, -0.25) is 10.1 Å². The van der Waals surface area contributed by atoms with E-state index in [1.807, 2.05) is 42.6 Å². The van der Waals surface area contributed by atoms with E-state index in [0.717, 1.165) is 33.7 Å². The van der Waals surface area contributed by atoms with Crippen LogP contribution in [0.4, 0.5) is 4.39 Å². The summed E-state index contributed by atoms with van der Waals surface area (Å²) < 4.78 is 18.8. The van der Waals surface area contributed by atoms with Crippen LogP contribution in [0.5, 0.6) is 5.75 Å². The number of hydrogen-bond donors (Lipinski definition) is 1. The number of ether oxygens (including phenoxy) is 1. The van der Waals surface area contributed by atoms with Gasteiger partial charge in [0.2, 0.25) is 0 Å². The minimum atomic E-state index is -0.252. The van der Waals surface area contributed by atoms with Gasteiger partial charge in [-0.15, -0.1) is 0 Å². The molecule has 0 atom stereocenters. The fourth-order valence-corrected chi connectivity index (χ4v) is 2.74. The van der Waals surface area contributed by atoms with Crippen LogP contribution in [-0.4, -0.2) is 15.2 Å². The minimum Gasteiger partial charge on any atom is -0.489 e. The molecule has 4 rings (SSSR count). The van der Waals surface area contributed by atoms with E-state index in [0.29, 0.717) is 6.61 Å². The van der Waals surface area contributed by atoms with Crippen molar-refractivity contribution in [2.45, 2.75) is 6.61 Å². The van der Waals surface area contributed by atoms with Crippen LogP contribution in [0.15, 0.2) is 79.3 Å². The maximum absolute atomic E-state index is 13.0. The van der Waals surface area contributed by atoms with Crippen molar-refractivity contribution in [3.8, 4) is 28.1 Å². The Balaban J connectivity index is 1.57. The summed E-state index contributed by atoms with van der Waals surface area (Å²) in [6.45, 7) is 0.376. The number of aromatic amines is 1. The van der Waals surface area contributed by atoms with Crippen LogP contribution in [0.2, 0.25) is 0 Å². The Morgan fingerprint density at radius 1 is 0.923 bits per heavy atom. The van der Waals surface area contributed by atoms with Crippen molar-refractivity contribution in [3.63, 3.8) is 0 Å². The van der Waals surface area contributed by atoms with E-state index in [1.165, 1.54) is 12.1 Å². The van der Waals surface area contributed by atoms with Crippen molar-refractivity contribution in [1.82, 2.24) is 15.2 Å². The number of hydrogen-bond acceptors (Lipinski definition) is 3. The van der Waals surface area contributed by atoms with Crippen LogP contribution in [0.3, 0.4) is 0 Å². The summed E-state index contributed by atoms with van der Waals surface area (Å²) in [7, 11) is 0. The Morgan fingerprint density at radius 2 is 1.73 bits per heavy atom. The van der Waals surface area contributed by atoms with Crippen molar-refractivity contribution in [1.29, 1.82) is 0 Å². The lowest BCUT2D eigenvalue weighted by Gasteiger charge is -2.08. The highest BCUT2D eigenvalue weighted by molar-refractivity contribution is 5.80. The van der Waals surface area contributed by atoms with Crippen molar-refractivity contribution in [2.75, 3.05) is 0 Å². The second-order valence-corrected chi connectivity index (χ2v) is 5.83. The Bertz CT molecular complexity index is 997. The second-order valence-electron chi connectivity index (χ2n) is 5.83. The third-order valence-corrected chi connectivity index (χ3v) is 4.06. The molecular weight excluding hydrogens is 329 g/mol. The van der Waals surface area contributed by atoms with Gasteiger partial charge >= 0.3 is 0 Å². The third kappa shape index (κ3) is 3.47. The SMILES string of the molecule is Fc1ccc(COc2cccc(-c3n[nH]cc3-c3ccncc3)c2)cc1. The Labute approximate surface area is 150 Å². The normalized spacial score (nSPS) is 10.7. The number of benzene rings is 2. The van der Waals surface area contributed by atoms with Gasteiger partial charge in [0.25, 0.3) is 0 Å². The molecule has 0 bridgehead atoms. The topological polar surface area (TPSA) is 50.8 Å². The summed E-state index contributed by atoms with van der Waals surface area (Å²) in [5.41, 5.74) is 4.76. The molecule has 0 saturated carbocycles. The number of pyridine rings is 1. The van der Waals surface area contributed by atoms with Crippen molar-refractivity contribution < 1.29 is 9.13 Å². The predicted molar refractivity (Wildman–Crippen MR) is 98.0 cm³/mol. The van der Waals surface area contributed by atoms with Crippen molar-refractivity contribution >= 4 is 0 Å². The average Bonchev–Trinajstić information content (AvgIpc) is 3.18. The Kier molecular flexibility index (Phi) is 4.43. The van der Waals surface area contributed by atoms with Gasteiger partial charge in [-0.05, 0) is 47.5 Å². The molecule has 0 unspecified atom stereocenters. The maximum Gasteiger partial charge on any atom is 0.123 e. The molecule has 0 aliphatic rings. The zero-order chi connectivity index (χ0) is 17.8. The fourth-order valence-electron chi connectivity index (χ4n) is 2.74. The molecule has 0 fully saturated rings. The molecule has 2 aromatic heterocycles. The lowest BCUT2D eigenvalue weighted by Crippen LogP contribution is -1.95. The highest BCUT2D eigenvalue weighted by atomic mass is 19.1. The molecule has 1 N–H and O–H groups in total. The van der Waals surface area contributed by atoms with Gasteiger partial charge in [-0.25, -0.2) is 4.39 Å². The summed E-state index contributed by atoms with van der Waals surface area (Å²) in [6.07, 6.45) is 5.39. The summed E-state index contributed by atoms with van der Waals surface area (Å²) in [4.78, 5) is 4.06. The van der Waals surface area contributed by atoms with E-state index in [9.17, 15) is 4.39 Å². The van der Waals surface area contributed by atoms with Crippen molar-refractivity contribution in [2.24, 2.45) is 0 Å². The highest BCUT2D eigenvalue weighted by Gasteiger charge is 2.11. The lowest BCUT2D eigenvalue weighted by molar-refractivity contribution is 0.306. The zero-order valence-corrected chi connectivity index (χ0v) is 13.9. The molecule has 2 heterocycles. The third-order valence-electron chi connectivity index (χ3n) is 4.06. The van der Waals surface area contributed by atoms with E-state index in [4.69, 9.17) is 4.74 Å². The molecule has 0 radical (unpaired) electrons. The number of aromatic nitrogens is 3. The van der Waals surface area contributed by atoms with Gasteiger partial charge in [0.05, 0.1) is 5.69 Å². The smallest absolute Gasteiger partial charge is 0.123 e. The number of halogens is 1. The number of nitrogens with one attached hydrogen (secondary N) is 1. The second kappa shape index (κ2) is 7.19. The molecule has 4 nitrogen and oxygen atoms in total. The fraction of sp³-hybridized carbons (Fsp3) is 0.0476. The molecule has 0 saturated heterocycles. The van der Waals surface area contributed by atoms with Crippen LogP contribution in [0.25, 0.3) is 22.4 Å². The largest absolute Gasteiger partial charge is 0.489 e. The van der Waals surface area contributed by atoms with Crippen LogP contribution < -0.4 is 4.74 Å². The van der Waals surface area contributed by atoms with E-state index >= 15 is 0 Å². The first-order valence-corrected chi connectivity index (χ1v) is 8.21. The monoisotopic (exact) mass is 345 g/mol. The molecule has 2 aromatic carbocycles. The van der Waals surface area contributed by atoms with Crippen LogP contribution in [0, 0.1) is 5.82 Å². The Morgan fingerprint density at radius 3 is 2.54 bits per heavy atom. The standard InChI is InChI=1S/C21H16FN3O/c22-18-6-4-15(5-7-18)14-26-19-3-1-2-17(12-19)21-20(13-24-25-21)16-8-10-23-11-9-16/h1-13H,14H2,(H,24,25). The molecule has 5 heteroatoms. The molecule has 26 heavy (non-hydrogen) atoms. The first-order valence-electron chi connectivity index (χ1n) is 8.21. The average molecular weight is 345 g/mol. The van der Waals surface area contributed by atoms with E-state index < -0.39 is 0 Å². The van der Waals surface area contributed by atoms with Gasteiger partial charge in [0.1, 0.15) is 18.2 Å². The number of rotatable bonds is 5. The first kappa shape index (κ1) is 16.0. The summed E-state index contributed by atoms with van der Waals surface area (Å²) in [5, 5.41) is 7.32. The Hall–Kier alpha value is -3.47. The van der Waals surface area contributed by atoms with Gasteiger partial charge in [-0.1, -0.05) is 24.3 Å². The number of nitrogens with zero attached hydrogens (tertiary/aromatic N) is 2. The minimum absolute atomic E-state index is 0.252. The van der Waals surface area contributed by atoms with Gasteiger partial charge in [0, 0.05) is 29.7 Å².